The van der Waals surface area contributed by atoms with Gasteiger partial charge in [-0.25, -0.2) is 4.79 Å². The van der Waals surface area contributed by atoms with Crippen molar-refractivity contribution in [2.75, 3.05) is 11.9 Å². The fourth-order valence-electron chi connectivity index (χ4n) is 2.56. The van der Waals surface area contributed by atoms with Gasteiger partial charge < -0.3 is 15.9 Å². The van der Waals surface area contributed by atoms with E-state index < -0.39 is 5.97 Å². The molecule has 0 atom stereocenters. The zero-order valence-corrected chi connectivity index (χ0v) is 16.1. The quantitative estimate of drug-likeness (QED) is 0.204. The van der Waals surface area contributed by atoms with Crippen molar-refractivity contribution in [2.45, 2.75) is 0 Å². The van der Waals surface area contributed by atoms with E-state index >= 15 is 0 Å². The van der Waals surface area contributed by atoms with Crippen molar-refractivity contribution in [2.24, 2.45) is 10.9 Å². The molecule has 3 rings (SSSR count). The van der Waals surface area contributed by atoms with Gasteiger partial charge in [-0.3, -0.25) is 4.79 Å². The lowest BCUT2D eigenvalue weighted by atomic mass is 10.1. The summed E-state index contributed by atoms with van der Waals surface area (Å²) in [6.07, 6.45) is 0. The second-order valence-electron chi connectivity index (χ2n) is 6.04. The van der Waals surface area contributed by atoms with E-state index in [0.717, 1.165) is 5.69 Å². The SMILES string of the molecule is N/N=C(/C(=O)CNc1ccccc1)c1ccc(OC(=O)c2ccc(Cl)cc2)cc1. The second kappa shape index (κ2) is 9.52. The maximum Gasteiger partial charge on any atom is 0.343 e. The second-order valence-corrected chi connectivity index (χ2v) is 6.48. The molecule has 3 N–H and O–H groups in total. The number of hydrogen-bond acceptors (Lipinski definition) is 6. The predicted octanol–water partition coefficient (Wildman–Crippen LogP) is 3.90. The third-order valence-corrected chi connectivity index (χ3v) is 4.29. The molecule has 0 bridgehead atoms. The summed E-state index contributed by atoms with van der Waals surface area (Å²) in [7, 11) is 0. The van der Waals surface area contributed by atoms with Crippen molar-refractivity contribution >= 4 is 34.8 Å². The maximum atomic E-state index is 12.5. The number of ketones is 1. The van der Waals surface area contributed by atoms with Crippen LogP contribution in [-0.4, -0.2) is 24.0 Å². The van der Waals surface area contributed by atoms with Crippen molar-refractivity contribution in [1.29, 1.82) is 0 Å². The minimum absolute atomic E-state index is 0.0490. The highest BCUT2D eigenvalue weighted by Gasteiger charge is 2.15. The summed E-state index contributed by atoms with van der Waals surface area (Å²) in [4.78, 5) is 24.6. The molecule has 6 nitrogen and oxygen atoms in total. The van der Waals surface area contributed by atoms with Gasteiger partial charge in [-0.1, -0.05) is 29.8 Å². The number of nitrogens with one attached hydrogen (secondary N) is 1. The fourth-order valence-corrected chi connectivity index (χ4v) is 2.69. The molecule has 146 valence electrons. The molecule has 7 heteroatoms. The number of hydrogen-bond donors (Lipinski definition) is 2. The van der Waals surface area contributed by atoms with Crippen LogP contribution in [0.1, 0.15) is 15.9 Å². The van der Waals surface area contributed by atoms with Crippen molar-refractivity contribution in [1.82, 2.24) is 0 Å². The topological polar surface area (TPSA) is 93.8 Å². The number of anilines is 1. The number of esters is 1. The smallest absolute Gasteiger partial charge is 0.343 e. The molecular weight excluding hydrogens is 390 g/mol. The fraction of sp³-hybridized carbons (Fsp3) is 0.0455. The van der Waals surface area contributed by atoms with Crippen LogP contribution in [0.3, 0.4) is 0 Å². The summed E-state index contributed by atoms with van der Waals surface area (Å²) in [5.41, 5.74) is 1.86. The summed E-state index contributed by atoms with van der Waals surface area (Å²) >= 11 is 5.81. The van der Waals surface area contributed by atoms with Crippen LogP contribution in [0.15, 0.2) is 84.0 Å². The summed E-state index contributed by atoms with van der Waals surface area (Å²) in [6, 6.07) is 22.1. The zero-order valence-electron chi connectivity index (χ0n) is 15.3. The highest BCUT2D eigenvalue weighted by molar-refractivity contribution is 6.47. The van der Waals surface area contributed by atoms with Crippen LogP contribution in [0.25, 0.3) is 0 Å². The Hall–Kier alpha value is -3.64. The Labute approximate surface area is 173 Å². The first-order valence-electron chi connectivity index (χ1n) is 8.75. The highest BCUT2D eigenvalue weighted by Crippen LogP contribution is 2.17. The molecular formula is C22H18ClN3O3. The third kappa shape index (κ3) is 5.43. The van der Waals surface area contributed by atoms with E-state index in [1.807, 2.05) is 30.3 Å². The van der Waals surface area contributed by atoms with Gasteiger partial charge >= 0.3 is 5.97 Å². The molecule has 0 unspecified atom stereocenters. The number of halogens is 1. The first-order chi connectivity index (χ1) is 14.1. The standard InChI is InChI=1S/C22H18ClN3O3/c23-17-10-6-16(7-11-17)22(28)29-19-12-8-15(9-13-19)21(26-24)20(27)14-25-18-4-2-1-3-5-18/h1-13,25H,14,24H2/b26-21+. The van der Waals surface area contributed by atoms with E-state index in [-0.39, 0.29) is 18.0 Å². The van der Waals surface area contributed by atoms with Gasteiger partial charge in [0.1, 0.15) is 11.5 Å². The number of hydrazone groups is 1. The zero-order chi connectivity index (χ0) is 20.6. The number of para-hydroxylation sites is 1. The summed E-state index contributed by atoms with van der Waals surface area (Å²) in [6.45, 7) is 0.0490. The first-order valence-corrected chi connectivity index (χ1v) is 9.13. The molecule has 0 aliphatic carbocycles. The van der Waals surface area contributed by atoms with E-state index in [1.54, 1.807) is 48.5 Å². The Morgan fingerprint density at radius 2 is 1.52 bits per heavy atom. The van der Waals surface area contributed by atoms with Gasteiger partial charge in [0.05, 0.1) is 12.1 Å². The van der Waals surface area contributed by atoms with Crippen molar-refractivity contribution in [3.63, 3.8) is 0 Å². The van der Waals surface area contributed by atoms with E-state index in [9.17, 15) is 9.59 Å². The van der Waals surface area contributed by atoms with Gasteiger partial charge in [0, 0.05) is 16.3 Å². The maximum absolute atomic E-state index is 12.5. The normalized spacial score (nSPS) is 11.0. The van der Waals surface area contributed by atoms with Crippen LogP contribution in [0.4, 0.5) is 5.69 Å². The van der Waals surface area contributed by atoms with E-state index in [0.29, 0.717) is 21.9 Å². The van der Waals surface area contributed by atoms with Gasteiger partial charge in [-0.05, 0) is 60.7 Å². The first kappa shape index (κ1) is 20.1. The molecule has 29 heavy (non-hydrogen) atoms. The number of carbonyl (C=O) groups is 2. The lowest BCUT2D eigenvalue weighted by Gasteiger charge is -2.09. The number of ether oxygens (including phenoxy) is 1. The molecule has 0 heterocycles. The van der Waals surface area contributed by atoms with Crippen molar-refractivity contribution in [3.05, 3.63) is 95.0 Å². The van der Waals surface area contributed by atoms with Crippen LogP contribution in [0.2, 0.25) is 5.02 Å². The molecule has 0 saturated carbocycles. The number of benzene rings is 3. The van der Waals surface area contributed by atoms with Gasteiger partial charge in [-0.2, -0.15) is 5.10 Å². The number of rotatable bonds is 7. The average molecular weight is 408 g/mol. The van der Waals surface area contributed by atoms with E-state index in [2.05, 4.69) is 10.4 Å². The summed E-state index contributed by atoms with van der Waals surface area (Å²) < 4.78 is 5.32. The van der Waals surface area contributed by atoms with Crippen LogP contribution in [0, 0.1) is 0 Å². The van der Waals surface area contributed by atoms with Crippen LogP contribution >= 0.6 is 11.6 Å². The summed E-state index contributed by atoms with van der Waals surface area (Å²) in [5, 5.41) is 7.18. The Morgan fingerprint density at radius 3 is 2.14 bits per heavy atom. The number of carbonyl (C=O) groups excluding carboxylic acids is 2. The van der Waals surface area contributed by atoms with Gasteiger partial charge in [0.25, 0.3) is 0 Å². The predicted molar refractivity (Wildman–Crippen MR) is 114 cm³/mol. The molecule has 0 aliphatic heterocycles. The lowest BCUT2D eigenvalue weighted by Crippen LogP contribution is -2.25. The van der Waals surface area contributed by atoms with Crippen molar-refractivity contribution in [3.8, 4) is 5.75 Å². The molecule has 0 aliphatic rings. The Kier molecular flexibility index (Phi) is 6.60. The Bertz CT molecular complexity index is 1020. The van der Waals surface area contributed by atoms with Crippen LogP contribution in [-0.2, 0) is 4.79 Å². The Balaban J connectivity index is 1.63. The van der Waals surface area contributed by atoms with E-state index in [4.69, 9.17) is 22.2 Å². The number of nitrogens with two attached hydrogens (primary N) is 1. The summed E-state index contributed by atoms with van der Waals surface area (Å²) in [5.74, 6) is 4.99. The average Bonchev–Trinajstić information content (AvgIpc) is 2.75. The van der Waals surface area contributed by atoms with Crippen LogP contribution < -0.4 is 15.9 Å². The lowest BCUT2D eigenvalue weighted by molar-refractivity contribution is -0.111. The molecule has 0 fully saturated rings. The molecule has 0 amide bonds. The Morgan fingerprint density at radius 1 is 0.897 bits per heavy atom. The number of Topliss-reactive ketones (excluding diaryl/α,β-unsaturated/α-hetero) is 1. The van der Waals surface area contributed by atoms with Gasteiger partial charge in [0.2, 0.25) is 5.78 Å². The van der Waals surface area contributed by atoms with Crippen molar-refractivity contribution < 1.29 is 14.3 Å². The van der Waals surface area contributed by atoms with E-state index in [1.165, 1.54) is 0 Å². The monoisotopic (exact) mass is 407 g/mol. The molecule has 3 aromatic carbocycles. The number of nitrogens with zero attached hydrogens (tertiary/aromatic N) is 1. The molecule has 0 aromatic heterocycles. The molecule has 0 radical (unpaired) electrons. The van der Waals surface area contributed by atoms with Gasteiger partial charge in [-0.15, -0.1) is 0 Å². The van der Waals surface area contributed by atoms with Gasteiger partial charge in [0.15, 0.2) is 0 Å². The third-order valence-electron chi connectivity index (χ3n) is 4.04. The largest absolute Gasteiger partial charge is 0.423 e. The molecule has 0 saturated heterocycles. The minimum atomic E-state index is -0.509. The highest BCUT2D eigenvalue weighted by atomic mass is 35.5. The molecule has 3 aromatic rings. The minimum Gasteiger partial charge on any atom is -0.423 e. The molecule has 0 spiro atoms. The van der Waals surface area contributed by atoms with Crippen LogP contribution in [0.5, 0.6) is 5.75 Å².